The van der Waals surface area contributed by atoms with E-state index in [2.05, 4.69) is 54.5 Å². The molecule has 3 fully saturated rings. The summed E-state index contributed by atoms with van der Waals surface area (Å²) >= 11 is 0. The lowest BCUT2D eigenvalue weighted by Crippen LogP contribution is -2.61. The monoisotopic (exact) mass is 389 g/mol. The number of hydrogen-bond acceptors (Lipinski definition) is 4. The highest BCUT2D eigenvalue weighted by Crippen LogP contribution is 2.80. The van der Waals surface area contributed by atoms with E-state index in [-0.39, 0.29) is 17.6 Å². The number of hydrogen-bond donors (Lipinski definition) is 0. The van der Waals surface area contributed by atoms with Crippen LogP contribution in [-0.2, 0) is 14.0 Å². The Morgan fingerprint density at radius 1 is 1.19 bits per heavy atom. The molecule has 3 aliphatic carbocycles. The van der Waals surface area contributed by atoms with E-state index in [0.29, 0.717) is 35.9 Å². The molecule has 0 aliphatic heterocycles. The Morgan fingerprint density at radius 3 is 2.19 bits per heavy atom. The first-order valence-corrected chi connectivity index (χ1v) is 12.7. The summed E-state index contributed by atoms with van der Waals surface area (Å²) in [6.07, 6.45) is 2.98. The standard InChI is InChI=1S/C22H35NO3Si/c1-14(2)27(15(3)4,16(5)6)26-22-12-19(25)18-11-21(22,13-23)17(7)10-20(18,22)8-9-24/h9,14-18H,8,10-12H2,1-7H3/t17-,18-,20-,21+,22-/m1/s1. The molecule has 0 heterocycles. The van der Waals surface area contributed by atoms with Crippen LogP contribution in [0, 0.1) is 34.0 Å². The summed E-state index contributed by atoms with van der Waals surface area (Å²) in [5, 5.41) is 10.4. The highest BCUT2D eigenvalue weighted by Gasteiger charge is 2.85. The van der Waals surface area contributed by atoms with E-state index in [4.69, 9.17) is 4.43 Å². The lowest BCUT2D eigenvalue weighted by molar-refractivity contribution is -0.128. The van der Waals surface area contributed by atoms with Gasteiger partial charge in [0.2, 0.25) is 8.32 Å². The molecule has 0 aromatic heterocycles. The van der Waals surface area contributed by atoms with Crippen molar-refractivity contribution in [3.63, 3.8) is 0 Å². The highest BCUT2D eigenvalue weighted by molar-refractivity contribution is 6.77. The predicted octanol–water partition coefficient (Wildman–Crippen LogP) is 5.04. The van der Waals surface area contributed by atoms with Gasteiger partial charge in [0.15, 0.2) is 0 Å². The number of aldehydes is 1. The molecule has 0 radical (unpaired) electrons. The number of Topliss-reactive ketones (excluding diaryl/α,β-unsaturated/α-hetero) is 1. The number of rotatable bonds is 7. The molecule has 0 aromatic rings. The van der Waals surface area contributed by atoms with Crippen molar-refractivity contribution >= 4 is 20.4 Å². The molecule has 27 heavy (non-hydrogen) atoms. The summed E-state index contributed by atoms with van der Waals surface area (Å²) in [6, 6.07) is 2.66. The van der Waals surface area contributed by atoms with Crippen LogP contribution in [0.5, 0.6) is 0 Å². The fraction of sp³-hybridized carbons (Fsp3) is 0.864. The van der Waals surface area contributed by atoms with Gasteiger partial charge in [0.25, 0.3) is 0 Å². The van der Waals surface area contributed by atoms with Crippen LogP contribution in [0.3, 0.4) is 0 Å². The number of nitriles is 1. The summed E-state index contributed by atoms with van der Waals surface area (Å²) < 4.78 is 7.38. The van der Waals surface area contributed by atoms with Gasteiger partial charge in [-0.1, -0.05) is 48.5 Å². The van der Waals surface area contributed by atoms with E-state index in [9.17, 15) is 14.9 Å². The maximum Gasteiger partial charge on any atom is 0.201 e. The van der Waals surface area contributed by atoms with Crippen LogP contribution in [0.15, 0.2) is 0 Å². The van der Waals surface area contributed by atoms with Crippen molar-refractivity contribution in [2.75, 3.05) is 0 Å². The van der Waals surface area contributed by atoms with E-state index < -0.39 is 24.7 Å². The molecule has 4 bridgehead atoms. The predicted molar refractivity (Wildman–Crippen MR) is 108 cm³/mol. The molecule has 5 heteroatoms. The van der Waals surface area contributed by atoms with Crippen LogP contribution in [0.2, 0.25) is 16.6 Å². The Kier molecular flexibility index (Phi) is 4.80. The van der Waals surface area contributed by atoms with Crippen LogP contribution in [0.1, 0.15) is 74.1 Å². The molecule has 3 aliphatic rings. The van der Waals surface area contributed by atoms with Gasteiger partial charge in [0.05, 0.1) is 17.1 Å². The smallest absolute Gasteiger partial charge is 0.201 e. The summed E-state index contributed by atoms with van der Waals surface area (Å²) in [5.41, 5.74) is -0.758. The van der Waals surface area contributed by atoms with Crippen molar-refractivity contribution in [1.29, 1.82) is 5.26 Å². The van der Waals surface area contributed by atoms with Crippen molar-refractivity contribution in [3.8, 4) is 6.07 Å². The van der Waals surface area contributed by atoms with Crippen molar-refractivity contribution in [3.05, 3.63) is 0 Å². The maximum absolute atomic E-state index is 13.0. The fourth-order valence-corrected chi connectivity index (χ4v) is 13.6. The van der Waals surface area contributed by atoms with E-state index in [1.54, 1.807) is 0 Å². The molecular formula is C22H35NO3Si. The van der Waals surface area contributed by atoms with Crippen LogP contribution >= 0.6 is 0 Å². The largest absolute Gasteiger partial charge is 0.408 e. The van der Waals surface area contributed by atoms with Gasteiger partial charge in [-0.2, -0.15) is 5.26 Å². The van der Waals surface area contributed by atoms with E-state index >= 15 is 0 Å². The molecule has 0 N–H and O–H groups in total. The zero-order valence-corrected chi connectivity index (χ0v) is 19.0. The molecular weight excluding hydrogens is 354 g/mol. The Bertz CT molecular complexity index is 674. The van der Waals surface area contributed by atoms with Crippen molar-refractivity contribution in [2.45, 2.75) is 96.4 Å². The number of nitrogens with zero attached hydrogens (tertiary/aromatic N) is 1. The Labute approximate surface area is 165 Å². The lowest BCUT2D eigenvalue weighted by Gasteiger charge is -2.53. The first-order valence-electron chi connectivity index (χ1n) is 10.6. The Morgan fingerprint density at radius 2 is 1.74 bits per heavy atom. The number of ketones is 1. The number of carbonyl (C=O) groups is 2. The minimum Gasteiger partial charge on any atom is -0.408 e. The first-order chi connectivity index (χ1) is 12.5. The molecule has 0 aromatic carbocycles. The van der Waals surface area contributed by atoms with Gasteiger partial charge in [0, 0.05) is 24.2 Å². The zero-order valence-electron chi connectivity index (χ0n) is 18.0. The molecule has 150 valence electrons. The third kappa shape index (κ3) is 2.12. The average Bonchev–Trinajstić information content (AvgIpc) is 3.01. The van der Waals surface area contributed by atoms with Crippen molar-refractivity contribution in [1.82, 2.24) is 0 Å². The fourth-order valence-electron chi connectivity index (χ4n) is 7.83. The molecule has 3 saturated carbocycles. The van der Waals surface area contributed by atoms with Crippen LogP contribution < -0.4 is 0 Å². The van der Waals surface area contributed by atoms with Gasteiger partial charge in [-0.3, -0.25) is 4.79 Å². The summed E-state index contributed by atoms with van der Waals surface area (Å²) in [6.45, 7) is 15.6. The van der Waals surface area contributed by atoms with E-state index in [1.165, 1.54) is 0 Å². The van der Waals surface area contributed by atoms with Crippen LogP contribution in [0.4, 0.5) is 0 Å². The van der Waals surface area contributed by atoms with Gasteiger partial charge in [-0.25, -0.2) is 0 Å². The van der Waals surface area contributed by atoms with E-state index in [0.717, 1.165) is 12.7 Å². The Balaban J connectivity index is 2.25. The van der Waals surface area contributed by atoms with Crippen LogP contribution in [-0.4, -0.2) is 26.0 Å². The van der Waals surface area contributed by atoms with Crippen molar-refractivity contribution in [2.24, 2.45) is 22.7 Å². The lowest BCUT2D eigenvalue weighted by atomic mass is 9.65. The summed E-state index contributed by atoms with van der Waals surface area (Å²) in [4.78, 5) is 24.7. The highest BCUT2D eigenvalue weighted by atomic mass is 28.4. The second-order valence-corrected chi connectivity index (χ2v) is 15.7. The molecule has 0 amide bonds. The molecule has 5 atom stereocenters. The summed E-state index contributed by atoms with van der Waals surface area (Å²) in [5.74, 6) is 0.190. The second-order valence-electron chi connectivity index (χ2n) is 10.4. The van der Waals surface area contributed by atoms with Gasteiger partial charge in [-0.15, -0.1) is 0 Å². The van der Waals surface area contributed by atoms with Gasteiger partial charge < -0.3 is 9.22 Å². The summed E-state index contributed by atoms with van der Waals surface area (Å²) in [7, 11) is -2.32. The third-order valence-electron chi connectivity index (χ3n) is 8.75. The van der Waals surface area contributed by atoms with Gasteiger partial charge >= 0.3 is 0 Å². The SMILES string of the molecule is CC(C)[Si](O[C@@]12CC(=O)[C@H]3C[C@]1(C#N)[C@H](C)C[C@]32CC=O)(C(C)C)C(C)C. The van der Waals surface area contributed by atoms with Crippen LogP contribution in [0.25, 0.3) is 0 Å². The third-order valence-corrected chi connectivity index (χ3v) is 14.9. The maximum atomic E-state index is 13.0. The zero-order chi connectivity index (χ0) is 20.4. The average molecular weight is 390 g/mol. The molecule has 0 saturated heterocycles. The topological polar surface area (TPSA) is 67.2 Å². The minimum absolute atomic E-state index is 0.157. The quantitative estimate of drug-likeness (QED) is 0.452. The molecule has 0 spiro atoms. The molecule has 4 nitrogen and oxygen atoms in total. The van der Waals surface area contributed by atoms with Gasteiger partial charge in [0.1, 0.15) is 12.1 Å². The first kappa shape index (κ1) is 20.7. The number of carbonyl (C=O) groups excluding carboxylic acids is 2. The minimum atomic E-state index is -2.32. The van der Waals surface area contributed by atoms with Crippen molar-refractivity contribution < 1.29 is 14.0 Å². The molecule has 3 rings (SSSR count). The van der Waals surface area contributed by atoms with E-state index in [1.807, 2.05) is 0 Å². The molecule has 0 unspecified atom stereocenters. The normalized spacial score (nSPS) is 40.4. The van der Waals surface area contributed by atoms with Gasteiger partial charge in [-0.05, 0) is 35.4 Å². The Hall–Kier alpha value is -0.993. The second kappa shape index (κ2) is 6.25.